The van der Waals surface area contributed by atoms with Crippen LogP contribution in [0.1, 0.15) is 26.7 Å². The van der Waals surface area contributed by atoms with Gasteiger partial charge in [-0.25, -0.2) is 0 Å². The van der Waals surface area contributed by atoms with Crippen LogP contribution in [0, 0.1) is 11.8 Å². The largest absolute Gasteiger partial charge is 0.481 e. The van der Waals surface area contributed by atoms with Gasteiger partial charge in [-0.05, 0) is 26.7 Å². The van der Waals surface area contributed by atoms with Crippen molar-refractivity contribution in [1.82, 2.24) is 4.90 Å². The maximum atomic E-state index is 12.1. The smallest absolute Gasteiger partial charge is 0.307 e. The van der Waals surface area contributed by atoms with E-state index < -0.39 is 11.9 Å². The molecule has 0 aliphatic heterocycles. The monoisotopic (exact) mass is 225 g/mol. The molecule has 0 aromatic carbocycles. The summed E-state index contributed by atoms with van der Waals surface area (Å²) in [5, 5.41) is 9.08. The molecule has 90 valence electrons. The van der Waals surface area contributed by atoms with Gasteiger partial charge in [0.2, 0.25) is 5.91 Å². The summed E-state index contributed by atoms with van der Waals surface area (Å²) in [6, 6.07) is 0. The number of rotatable bonds is 4. The Hall–Kier alpha value is -1.32. The Balaban J connectivity index is 2.79. The van der Waals surface area contributed by atoms with Crippen molar-refractivity contribution in [2.75, 3.05) is 13.1 Å². The van der Waals surface area contributed by atoms with E-state index >= 15 is 0 Å². The molecule has 0 radical (unpaired) electrons. The Kier molecular flexibility index (Phi) is 4.52. The molecule has 1 aliphatic carbocycles. The molecule has 4 nitrogen and oxygen atoms in total. The van der Waals surface area contributed by atoms with Crippen molar-refractivity contribution in [2.45, 2.75) is 26.7 Å². The van der Waals surface area contributed by atoms with E-state index in [4.69, 9.17) is 5.11 Å². The molecule has 1 amide bonds. The van der Waals surface area contributed by atoms with Gasteiger partial charge < -0.3 is 10.0 Å². The standard InChI is InChI=1S/C12H19NO3/c1-3-13(4-2)11(14)9-7-5-6-8-10(9)12(15)16/h5-6,9-10H,3-4,7-8H2,1-2H3,(H,15,16)/t9-,10-/m0/s1. The van der Waals surface area contributed by atoms with Crippen molar-refractivity contribution in [1.29, 1.82) is 0 Å². The molecule has 0 saturated heterocycles. The van der Waals surface area contributed by atoms with E-state index in [1.54, 1.807) is 4.90 Å². The lowest BCUT2D eigenvalue weighted by molar-refractivity contribution is -0.150. The van der Waals surface area contributed by atoms with E-state index in [2.05, 4.69) is 0 Å². The Morgan fingerprint density at radius 1 is 1.19 bits per heavy atom. The number of carbonyl (C=O) groups excluding carboxylic acids is 1. The van der Waals surface area contributed by atoms with Gasteiger partial charge in [-0.2, -0.15) is 0 Å². The first-order valence-corrected chi connectivity index (χ1v) is 5.78. The molecule has 1 N–H and O–H groups in total. The first kappa shape index (κ1) is 12.7. The zero-order valence-electron chi connectivity index (χ0n) is 9.85. The highest BCUT2D eigenvalue weighted by molar-refractivity contribution is 5.85. The van der Waals surface area contributed by atoms with Gasteiger partial charge in [0.25, 0.3) is 0 Å². The van der Waals surface area contributed by atoms with Gasteiger partial charge in [0.15, 0.2) is 0 Å². The Morgan fingerprint density at radius 2 is 1.69 bits per heavy atom. The van der Waals surface area contributed by atoms with E-state index in [1.165, 1.54) is 0 Å². The summed E-state index contributed by atoms with van der Waals surface area (Å²) in [7, 11) is 0. The summed E-state index contributed by atoms with van der Waals surface area (Å²) in [4.78, 5) is 24.9. The van der Waals surface area contributed by atoms with Crippen molar-refractivity contribution >= 4 is 11.9 Å². The Morgan fingerprint density at radius 3 is 2.12 bits per heavy atom. The molecule has 0 bridgehead atoms. The molecule has 1 rings (SSSR count). The van der Waals surface area contributed by atoms with Crippen LogP contribution in [-0.4, -0.2) is 35.0 Å². The topological polar surface area (TPSA) is 57.6 Å². The summed E-state index contributed by atoms with van der Waals surface area (Å²) < 4.78 is 0. The molecular weight excluding hydrogens is 206 g/mol. The highest BCUT2D eigenvalue weighted by Crippen LogP contribution is 2.27. The molecule has 0 spiro atoms. The SMILES string of the molecule is CCN(CC)C(=O)[C@H]1CC=CC[C@@H]1C(=O)O. The lowest BCUT2D eigenvalue weighted by Gasteiger charge is -2.29. The van der Waals surface area contributed by atoms with E-state index in [9.17, 15) is 9.59 Å². The minimum atomic E-state index is -0.866. The van der Waals surface area contributed by atoms with Gasteiger partial charge in [-0.15, -0.1) is 0 Å². The summed E-state index contributed by atoms with van der Waals surface area (Å²) >= 11 is 0. The average Bonchev–Trinajstić information content (AvgIpc) is 2.30. The van der Waals surface area contributed by atoms with Gasteiger partial charge in [0.1, 0.15) is 0 Å². The van der Waals surface area contributed by atoms with Gasteiger partial charge in [-0.1, -0.05) is 12.2 Å². The quantitative estimate of drug-likeness (QED) is 0.738. The van der Waals surface area contributed by atoms with Crippen LogP contribution >= 0.6 is 0 Å². The number of carboxylic acids is 1. The van der Waals surface area contributed by atoms with Gasteiger partial charge in [-0.3, -0.25) is 9.59 Å². The van der Waals surface area contributed by atoms with Crippen LogP contribution in [0.2, 0.25) is 0 Å². The average molecular weight is 225 g/mol. The van der Waals surface area contributed by atoms with Crippen LogP contribution < -0.4 is 0 Å². The molecule has 0 aromatic rings. The van der Waals surface area contributed by atoms with Crippen LogP contribution in [0.15, 0.2) is 12.2 Å². The summed E-state index contributed by atoms with van der Waals surface area (Å²) in [5.74, 6) is -1.84. The van der Waals surface area contributed by atoms with Gasteiger partial charge >= 0.3 is 5.97 Å². The number of carbonyl (C=O) groups is 2. The van der Waals surface area contributed by atoms with E-state index in [1.807, 2.05) is 26.0 Å². The Labute approximate surface area is 95.9 Å². The predicted molar refractivity (Wildman–Crippen MR) is 60.9 cm³/mol. The fourth-order valence-electron chi connectivity index (χ4n) is 2.13. The third kappa shape index (κ3) is 2.62. The highest BCUT2D eigenvalue weighted by Gasteiger charge is 2.35. The maximum absolute atomic E-state index is 12.1. The molecule has 16 heavy (non-hydrogen) atoms. The van der Waals surface area contributed by atoms with Crippen LogP contribution in [-0.2, 0) is 9.59 Å². The third-order valence-corrected chi connectivity index (χ3v) is 3.14. The van der Waals surface area contributed by atoms with E-state index in [0.717, 1.165) is 0 Å². The lowest BCUT2D eigenvalue weighted by Crippen LogP contribution is -2.41. The second kappa shape index (κ2) is 5.68. The maximum Gasteiger partial charge on any atom is 0.307 e. The molecule has 0 fully saturated rings. The fourth-order valence-corrected chi connectivity index (χ4v) is 2.13. The van der Waals surface area contributed by atoms with Gasteiger partial charge in [0, 0.05) is 13.1 Å². The minimum Gasteiger partial charge on any atom is -0.481 e. The molecule has 0 aromatic heterocycles. The molecule has 0 unspecified atom stereocenters. The number of amides is 1. The van der Waals surface area contributed by atoms with Crippen molar-refractivity contribution in [2.24, 2.45) is 11.8 Å². The zero-order chi connectivity index (χ0) is 12.1. The predicted octanol–water partition coefficient (Wildman–Crippen LogP) is 1.52. The summed E-state index contributed by atoms with van der Waals surface area (Å²) in [6.07, 6.45) is 4.77. The molecule has 4 heteroatoms. The molecule has 2 atom stereocenters. The number of allylic oxidation sites excluding steroid dienone is 2. The van der Waals surface area contributed by atoms with Crippen LogP contribution in [0.3, 0.4) is 0 Å². The normalized spacial score (nSPS) is 24.1. The first-order chi connectivity index (χ1) is 7.61. The molecule has 1 aliphatic rings. The fraction of sp³-hybridized carbons (Fsp3) is 0.667. The van der Waals surface area contributed by atoms with Crippen molar-refractivity contribution < 1.29 is 14.7 Å². The molecule has 0 heterocycles. The van der Waals surface area contributed by atoms with Crippen LogP contribution in [0.25, 0.3) is 0 Å². The zero-order valence-corrected chi connectivity index (χ0v) is 9.85. The van der Waals surface area contributed by atoms with Crippen LogP contribution in [0.4, 0.5) is 0 Å². The number of hydrogen-bond acceptors (Lipinski definition) is 2. The lowest BCUT2D eigenvalue weighted by atomic mass is 9.82. The number of hydrogen-bond donors (Lipinski definition) is 1. The second-order valence-electron chi connectivity index (χ2n) is 4.00. The van der Waals surface area contributed by atoms with E-state index in [0.29, 0.717) is 25.9 Å². The number of carboxylic acid groups (broad SMARTS) is 1. The van der Waals surface area contributed by atoms with Gasteiger partial charge in [0.05, 0.1) is 11.8 Å². The number of nitrogens with zero attached hydrogens (tertiary/aromatic N) is 1. The third-order valence-electron chi connectivity index (χ3n) is 3.14. The minimum absolute atomic E-state index is 0.0262. The number of aliphatic carboxylic acids is 1. The molecule has 0 saturated carbocycles. The van der Waals surface area contributed by atoms with Crippen molar-refractivity contribution in [3.63, 3.8) is 0 Å². The van der Waals surface area contributed by atoms with Crippen molar-refractivity contribution in [3.05, 3.63) is 12.2 Å². The summed E-state index contributed by atoms with van der Waals surface area (Å²) in [6.45, 7) is 5.11. The highest BCUT2D eigenvalue weighted by atomic mass is 16.4. The van der Waals surface area contributed by atoms with E-state index in [-0.39, 0.29) is 11.8 Å². The Bertz CT molecular complexity index is 295. The molecular formula is C12H19NO3. The summed E-state index contributed by atoms with van der Waals surface area (Å²) in [5.41, 5.74) is 0. The van der Waals surface area contributed by atoms with Crippen molar-refractivity contribution in [3.8, 4) is 0 Å². The first-order valence-electron chi connectivity index (χ1n) is 5.78. The second-order valence-corrected chi connectivity index (χ2v) is 4.00. The van der Waals surface area contributed by atoms with Crippen LogP contribution in [0.5, 0.6) is 0 Å².